The minimum Gasteiger partial charge on any atom is -0.325 e. The van der Waals surface area contributed by atoms with Crippen LogP contribution in [0.3, 0.4) is 0 Å². The highest BCUT2D eigenvalue weighted by Crippen LogP contribution is 2.33. The van der Waals surface area contributed by atoms with Gasteiger partial charge in [-0.25, -0.2) is 4.98 Å². The van der Waals surface area contributed by atoms with E-state index in [9.17, 15) is 18.0 Å². The number of carbonyl (C=O) groups excluding carboxylic acids is 1. The third kappa shape index (κ3) is 4.90. The average Bonchev–Trinajstić information content (AvgIpc) is 3.10. The lowest BCUT2D eigenvalue weighted by Gasteiger charge is -2.32. The molecule has 1 amide bonds. The van der Waals surface area contributed by atoms with Crippen molar-refractivity contribution < 1.29 is 18.0 Å². The lowest BCUT2D eigenvalue weighted by atomic mass is 9.96. The third-order valence-corrected chi connectivity index (χ3v) is 5.84. The number of likely N-dealkylation sites (tertiary alicyclic amines) is 1. The molecule has 1 aliphatic rings. The summed E-state index contributed by atoms with van der Waals surface area (Å²) in [6.07, 6.45) is -3.02. The van der Waals surface area contributed by atoms with Crippen LogP contribution in [-0.4, -0.2) is 40.0 Å². The minimum absolute atomic E-state index is 0.0762. The van der Waals surface area contributed by atoms with Crippen molar-refractivity contribution in [3.63, 3.8) is 0 Å². The first-order valence-corrected chi connectivity index (χ1v) is 10.4. The van der Waals surface area contributed by atoms with Crippen molar-refractivity contribution in [2.75, 3.05) is 25.0 Å². The molecule has 3 aromatic rings. The molecule has 1 fully saturated rings. The van der Waals surface area contributed by atoms with Crippen molar-refractivity contribution in [2.24, 2.45) is 5.92 Å². The molecule has 2 aromatic carbocycles. The quantitative estimate of drug-likeness (QED) is 0.638. The number of para-hydroxylation sites is 3. The maximum atomic E-state index is 13.5. The zero-order valence-electron chi connectivity index (χ0n) is 17.3. The summed E-state index contributed by atoms with van der Waals surface area (Å²) in [4.78, 5) is 18.3. The third-order valence-electron chi connectivity index (χ3n) is 5.84. The Bertz CT molecular complexity index is 1070. The second kappa shape index (κ2) is 8.70. The lowest BCUT2D eigenvalue weighted by Crippen LogP contribution is -2.40. The number of aromatic nitrogens is 2. The summed E-state index contributed by atoms with van der Waals surface area (Å²) in [6, 6.07) is 14.3. The Hall–Kier alpha value is -2.87. The minimum atomic E-state index is -4.49. The van der Waals surface area contributed by atoms with Gasteiger partial charge in [0.2, 0.25) is 11.7 Å². The van der Waals surface area contributed by atoms with Gasteiger partial charge in [0, 0.05) is 12.2 Å². The normalized spacial score (nSPS) is 16.0. The first kappa shape index (κ1) is 21.4. The van der Waals surface area contributed by atoms with Crippen LogP contribution in [0.2, 0.25) is 0 Å². The zero-order valence-corrected chi connectivity index (χ0v) is 17.3. The second-order valence-electron chi connectivity index (χ2n) is 8.12. The predicted octanol–water partition coefficient (Wildman–Crippen LogP) is 4.71. The molecule has 0 aliphatic carbocycles. The summed E-state index contributed by atoms with van der Waals surface area (Å²) in [5, 5.41) is 2.93. The van der Waals surface area contributed by atoms with E-state index in [1.165, 1.54) is 4.57 Å². The highest BCUT2D eigenvalue weighted by Gasteiger charge is 2.38. The van der Waals surface area contributed by atoms with Crippen molar-refractivity contribution in [3.8, 4) is 0 Å². The van der Waals surface area contributed by atoms with Crippen LogP contribution in [0.1, 0.15) is 24.2 Å². The van der Waals surface area contributed by atoms with E-state index in [0.717, 1.165) is 24.1 Å². The maximum Gasteiger partial charge on any atom is 0.449 e. The van der Waals surface area contributed by atoms with Crippen molar-refractivity contribution in [3.05, 3.63) is 59.9 Å². The molecule has 164 valence electrons. The fourth-order valence-corrected chi connectivity index (χ4v) is 4.17. The molecular weight excluding hydrogens is 405 g/mol. The van der Waals surface area contributed by atoms with Crippen molar-refractivity contribution in [1.29, 1.82) is 0 Å². The zero-order chi connectivity index (χ0) is 22.0. The van der Waals surface area contributed by atoms with E-state index in [1.54, 1.807) is 24.3 Å². The van der Waals surface area contributed by atoms with Crippen molar-refractivity contribution >= 4 is 22.6 Å². The molecule has 5 nitrogen and oxygen atoms in total. The second-order valence-corrected chi connectivity index (χ2v) is 8.12. The van der Waals surface area contributed by atoms with Crippen LogP contribution in [0, 0.1) is 12.8 Å². The Morgan fingerprint density at radius 3 is 2.48 bits per heavy atom. The van der Waals surface area contributed by atoms with Gasteiger partial charge in [-0.1, -0.05) is 30.3 Å². The number of benzene rings is 2. The number of alkyl halides is 3. The van der Waals surface area contributed by atoms with Crippen LogP contribution in [0.4, 0.5) is 18.9 Å². The number of rotatable bonds is 5. The highest BCUT2D eigenvalue weighted by molar-refractivity contribution is 5.92. The van der Waals surface area contributed by atoms with Crippen LogP contribution < -0.4 is 5.32 Å². The van der Waals surface area contributed by atoms with E-state index in [0.29, 0.717) is 24.1 Å². The Morgan fingerprint density at radius 1 is 1.10 bits per heavy atom. The van der Waals surface area contributed by atoms with Crippen LogP contribution in [-0.2, 0) is 17.5 Å². The van der Waals surface area contributed by atoms with Gasteiger partial charge in [-0.3, -0.25) is 9.69 Å². The Balaban J connectivity index is 1.37. The molecule has 0 radical (unpaired) electrons. The van der Waals surface area contributed by atoms with E-state index in [1.807, 2.05) is 31.2 Å². The van der Waals surface area contributed by atoms with Crippen molar-refractivity contribution in [1.82, 2.24) is 14.5 Å². The largest absolute Gasteiger partial charge is 0.449 e. The molecule has 8 heteroatoms. The molecule has 0 bridgehead atoms. The molecule has 0 atom stereocenters. The molecule has 1 aliphatic heterocycles. The predicted molar refractivity (Wildman–Crippen MR) is 114 cm³/mol. The monoisotopic (exact) mass is 430 g/mol. The number of nitrogens with one attached hydrogen (secondary N) is 1. The Kier molecular flexibility index (Phi) is 6.00. The van der Waals surface area contributed by atoms with Gasteiger partial charge in [0.15, 0.2) is 0 Å². The smallest absolute Gasteiger partial charge is 0.325 e. The summed E-state index contributed by atoms with van der Waals surface area (Å²) < 4.78 is 41.9. The van der Waals surface area contributed by atoms with E-state index < -0.39 is 12.0 Å². The summed E-state index contributed by atoms with van der Waals surface area (Å²) in [5.74, 6) is -0.809. The first-order valence-electron chi connectivity index (χ1n) is 10.4. The number of fused-ring (bicyclic) bond motifs is 1. The average molecular weight is 430 g/mol. The molecule has 1 N–H and O–H groups in total. The van der Waals surface area contributed by atoms with Gasteiger partial charge >= 0.3 is 6.18 Å². The Labute approximate surface area is 178 Å². The molecule has 31 heavy (non-hydrogen) atoms. The number of carbonyl (C=O) groups is 1. The van der Waals surface area contributed by atoms with E-state index in [-0.39, 0.29) is 24.9 Å². The number of hydrogen-bond donors (Lipinski definition) is 1. The van der Waals surface area contributed by atoms with Gasteiger partial charge in [-0.05, 0) is 62.5 Å². The number of aryl methyl sites for hydroxylation is 1. The molecule has 0 unspecified atom stereocenters. The summed E-state index contributed by atoms with van der Waals surface area (Å²) in [6.45, 7) is 3.86. The van der Waals surface area contributed by atoms with Crippen LogP contribution in [0.25, 0.3) is 11.0 Å². The maximum absolute atomic E-state index is 13.5. The number of imidazole rings is 1. The SMILES string of the molecule is Cc1ccccc1NC(=O)CN1CCC(Cn2c(C(F)(F)F)nc3ccccc32)CC1. The molecule has 0 saturated carbocycles. The standard InChI is InChI=1S/C23H25F3N4O/c1-16-6-2-3-7-18(16)27-21(31)15-29-12-10-17(11-13-29)14-30-20-9-5-4-8-19(20)28-22(30)23(24,25)26/h2-9,17H,10-15H2,1H3,(H,27,31). The van der Waals surface area contributed by atoms with Gasteiger partial charge in [-0.2, -0.15) is 13.2 Å². The van der Waals surface area contributed by atoms with Crippen LogP contribution in [0.15, 0.2) is 48.5 Å². The number of hydrogen-bond acceptors (Lipinski definition) is 3. The fraction of sp³-hybridized carbons (Fsp3) is 0.391. The fourth-order valence-electron chi connectivity index (χ4n) is 4.17. The Morgan fingerprint density at radius 2 is 1.77 bits per heavy atom. The van der Waals surface area contributed by atoms with Gasteiger partial charge in [0.25, 0.3) is 0 Å². The number of nitrogens with zero attached hydrogens (tertiary/aromatic N) is 3. The molecule has 1 saturated heterocycles. The van der Waals surface area contributed by atoms with Gasteiger partial charge < -0.3 is 9.88 Å². The molecule has 4 rings (SSSR count). The lowest BCUT2D eigenvalue weighted by molar-refractivity contribution is -0.147. The number of amides is 1. The van der Waals surface area contributed by atoms with E-state index >= 15 is 0 Å². The molecule has 0 spiro atoms. The van der Waals surface area contributed by atoms with Gasteiger partial charge in [-0.15, -0.1) is 0 Å². The number of anilines is 1. The van der Waals surface area contributed by atoms with Crippen LogP contribution in [0.5, 0.6) is 0 Å². The van der Waals surface area contributed by atoms with Crippen LogP contribution >= 0.6 is 0 Å². The van der Waals surface area contributed by atoms with E-state index in [2.05, 4.69) is 15.2 Å². The number of piperidine rings is 1. The number of halogens is 3. The van der Waals surface area contributed by atoms with E-state index in [4.69, 9.17) is 0 Å². The van der Waals surface area contributed by atoms with Gasteiger partial charge in [0.1, 0.15) is 0 Å². The van der Waals surface area contributed by atoms with Crippen molar-refractivity contribution in [2.45, 2.75) is 32.5 Å². The molecule has 2 heterocycles. The topological polar surface area (TPSA) is 50.2 Å². The summed E-state index contributed by atoms with van der Waals surface area (Å²) >= 11 is 0. The molecular formula is C23H25F3N4O. The van der Waals surface area contributed by atoms with Gasteiger partial charge in [0.05, 0.1) is 17.6 Å². The molecule has 1 aromatic heterocycles. The highest BCUT2D eigenvalue weighted by atomic mass is 19.4. The first-order chi connectivity index (χ1) is 14.8. The summed E-state index contributed by atoms with van der Waals surface area (Å²) in [7, 11) is 0. The summed E-state index contributed by atoms with van der Waals surface area (Å²) in [5.41, 5.74) is 2.67.